The second kappa shape index (κ2) is 8.05. The van der Waals surface area contributed by atoms with Gasteiger partial charge in [-0.25, -0.2) is 5.01 Å². The molecule has 0 amide bonds. The van der Waals surface area contributed by atoms with Crippen LogP contribution in [0.15, 0.2) is 70.2 Å². The van der Waals surface area contributed by atoms with Crippen molar-refractivity contribution < 1.29 is 4.74 Å². The number of hydrogen-bond acceptors (Lipinski definition) is 4. The minimum atomic E-state index is -0.375. The monoisotopic (exact) mass is 515 g/mol. The first-order valence-electron chi connectivity index (χ1n) is 9.95. The van der Waals surface area contributed by atoms with Crippen LogP contribution >= 0.6 is 39.1 Å². The van der Waals surface area contributed by atoms with Crippen LogP contribution in [0.4, 0.5) is 5.69 Å². The van der Waals surface area contributed by atoms with E-state index in [1.807, 2.05) is 37.3 Å². The number of benzene rings is 3. The van der Waals surface area contributed by atoms with Gasteiger partial charge in [0.2, 0.25) is 6.23 Å². The third-order valence-electron chi connectivity index (χ3n) is 5.68. The van der Waals surface area contributed by atoms with Crippen molar-refractivity contribution in [1.82, 2.24) is 5.01 Å². The first kappa shape index (κ1) is 20.7. The lowest BCUT2D eigenvalue weighted by Crippen LogP contribution is -2.33. The summed E-state index contributed by atoms with van der Waals surface area (Å²) in [5.74, 6) is 0.682. The molecule has 4 nitrogen and oxygen atoms in total. The van der Waals surface area contributed by atoms with Crippen LogP contribution in [0.25, 0.3) is 0 Å². The Morgan fingerprint density at radius 2 is 1.74 bits per heavy atom. The number of fused-ring (bicyclic) bond motifs is 3. The molecule has 0 spiro atoms. The predicted octanol–water partition coefficient (Wildman–Crippen LogP) is 7.06. The first-order valence-corrected chi connectivity index (χ1v) is 11.5. The van der Waals surface area contributed by atoms with Gasteiger partial charge < -0.3 is 9.64 Å². The Morgan fingerprint density at radius 3 is 2.42 bits per heavy atom. The summed E-state index contributed by atoms with van der Waals surface area (Å²) >= 11 is 16.4. The maximum Gasteiger partial charge on any atom is 0.213 e. The van der Waals surface area contributed by atoms with Crippen molar-refractivity contribution in [3.63, 3.8) is 0 Å². The number of hydrazone groups is 1. The zero-order valence-corrected chi connectivity index (χ0v) is 20.1. The van der Waals surface area contributed by atoms with Crippen molar-refractivity contribution in [3.05, 3.63) is 91.9 Å². The SMILES string of the molecule is CN(C)c1ccc([C@H]2Oc3c(Cl)cc(Cl)cc3[C@@H]3CC(c4ccc(Br)cc4)=NN23)cc1. The molecule has 0 aromatic heterocycles. The fourth-order valence-corrected chi connectivity index (χ4v) is 4.91. The molecule has 0 saturated carbocycles. The largest absolute Gasteiger partial charge is 0.463 e. The van der Waals surface area contributed by atoms with Crippen molar-refractivity contribution in [1.29, 1.82) is 0 Å². The number of rotatable bonds is 3. The molecular formula is C24H20BrCl2N3O. The zero-order chi connectivity index (χ0) is 21.7. The van der Waals surface area contributed by atoms with Gasteiger partial charge in [-0.3, -0.25) is 0 Å². The molecule has 2 aliphatic heterocycles. The number of hydrogen-bond donors (Lipinski definition) is 0. The van der Waals surface area contributed by atoms with Crippen LogP contribution in [0.5, 0.6) is 5.75 Å². The summed E-state index contributed by atoms with van der Waals surface area (Å²) in [6.07, 6.45) is 0.376. The summed E-state index contributed by atoms with van der Waals surface area (Å²) < 4.78 is 7.47. The molecule has 3 aromatic carbocycles. The highest BCUT2D eigenvalue weighted by Crippen LogP contribution is 2.50. The van der Waals surface area contributed by atoms with Crippen LogP contribution in [0.1, 0.15) is 35.4 Å². The number of anilines is 1. The molecule has 2 aliphatic rings. The van der Waals surface area contributed by atoms with Crippen LogP contribution in [0.3, 0.4) is 0 Å². The fourth-order valence-electron chi connectivity index (χ4n) is 4.09. The lowest BCUT2D eigenvalue weighted by Gasteiger charge is -2.38. The van der Waals surface area contributed by atoms with Crippen LogP contribution < -0.4 is 9.64 Å². The van der Waals surface area contributed by atoms with Crippen molar-refractivity contribution in [3.8, 4) is 5.75 Å². The quantitative estimate of drug-likeness (QED) is 0.372. The summed E-state index contributed by atoms with van der Waals surface area (Å²) in [7, 11) is 4.05. The molecule has 5 rings (SSSR count). The third kappa shape index (κ3) is 3.79. The molecule has 2 heterocycles. The molecule has 3 aromatic rings. The molecule has 0 unspecified atom stereocenters. The highest BCUT2D eigenvalue weighted by Gasteiger charge is 2.42. The molecular weight excluding hydrogens is 497 g/mol. The van der Waals surface area contributed by atoms with Crippen LogP contribution in [0.2, 0.25) is 10.0 Å². The van der Waals surface area contributed by atoms with E-state index in [1.54, 1.807) is 6.07 Å². The van der Waals surface area contributed by atoms with Gasteiger partial charge in [0, 0.05) is 46.8 Å². The predicted molar refractivity (Wildman–Crippen MR) is 130 cm³/mol. The van der Waals surface area contributed by atoms with E-state index in [2.05, 4.69) is 57.2 Å². The van der Waals surface area contributed by atoms with Gasteiger partial charge in [-0.05, 0) is 42.0 Å². The first-order chi connectivity index (χ1) is 14.9. The van der Waals surface area contributed by atoms with E-state index < -0.39 is 0 Å². The van der Waals surface area contributed by atoms with E-state index in [-0.39, 0.29) is 12.3 Å². The third-order valence-corrected chi connectivity index (χ3v) is 6.71. The number of halogens is 3. The molecule has 0 radical (unpaired) electrons. The lowest BCUT2D eigenvalue weighted by molar-refractivity contribution is -0.0189. The van der Waals surface area contributed by atoms with Gasteiger partial charge in [-0.1, -0.05) is 63.4 Å². The molecule has 7 heteroatoms. The summed E-state index contributed by atoms with van der Waals surface area (Å²) in [6, 6.07) is 20.2. The van der Waals surface area contributed by atoms with Crippen molar-refractivity contribution in [2.75, 3.05) is 19.0 Å². The Morgan fingerprint density at radius 1 is 1.03 bits per heavy atom. The van der Waals surface area contributed by atoms with Gasteiger partial charge >= 0.3 is 0 Å². The Labute approximate surface area is 200 Å². The van der Waals surface area contributed by atoms with E-state index in [4.69, 9.17) is 33.0 Å². The average molecular weight is 517 g/mol. The second-order valence-corrected chi connectivity index (χ2v) is 9.67. The minimum absolute atomic E-state index is 0.00266. The zero-order valence-electron chi connectivity index (χ0n) is 17.0. The molecule has 0 saturated heterocycles. The molecule has 158 valence electrons. The van der Waals surface area contributed by atoms with E-state index >= 15 is 0 Å². The normalized spacial score (nSPS) is 19.4. The summed E-state index contributed by atoms with van der Waals surface area (Å²) in [4.78, 5) is 2.07. The fraction of sp³-hybridized carbons (Fsp3) is 0.208. The van der Waals surface area contributed by atoms with Crippen molar-refractivity contribution >= 4 is 50.5 Å². The Hall–Kier alpha value is -2.21. The maximum atomic E-state index is 6.55. The smallest absolute Gasteiger partial charge is 0.213 e. The molecule has 2 atom stereocenters. The van der Waals surface area contributed by atoms with Gasteiger partial charge in [0.25, 0.3) is 0 Å². The van der Waals surface area contributed by atoms with Crippen LogP contribution in [-0.4, -0.2) is 24.8 Å². The van der Waals surface area contributed by atoms with Gasteiger partial charge in [0.05, 0.1) is 16.8 Å². The van der Waals surface area contributed by atoms with Crippen LogP contribution in [-0.2, 0) is 0 Å². The van der Waals surface area contributed by atoms with Gasteiger partial charge in [-0.2, -0.15) is 5.10 Å². The van der Waals surface area contributed by atoms with Crippen LogP contribution in [0, 0.1) is 0 Å². The van der Waals surface area contributed by atoms with E-state index in [9.17, 15) is 0 Å². The molecule has 0 N–H and O–H groups in total. The van der Waals surface area contributed by atoms with Gasteiger partial charge in [0.1, 0.15) is 5.75 Å². The minimum Gasteiger partial charge on any atom is -0.463 e. The van der Waals surface area contributed by atoms with E-state index in [0.717, 1.165) is 39.0 Å². The van der Waals surface area contributed by atoms with Gasteiger partial charge in [0.15, 0.2) is 0 Å². The molecule has 0 fully saturated rings. The van der Waals surface area contributed by atoms with Gasteiger partial charge in [-0.15, -0.1) is 0 Å². The van der Waals surface area contributed by atoms with E-state index in [0.29, 0.717) is 15.8 Å². The Balaban J connectivity index is 1.59. The number of nitrogens with zero attached hydrogens (tertiary/aromatic N) is 3. The Kier molecular flexibility index (Phi) is 5.37. The summed E-state index contributed by atoms with van der Waals surface area (Å²) in [6.45, 7) is 0. The highest BCUT2D eigenvalue weighted by atomic mass is 79.9. The maximum absolute atomic E-state index is 6.55. The lowest BCUT2D eigenvalue weighted by atomic mass is 9.96. The standard InChI is InChI=1S/C24H20BrCl2N3O/c1-29(2)18-9-5-15(6-10-18)24-30-22(19-11-17(26)12-20(27)23(19)31-24)13-21(28-30)14-3-7-16(25)8-4-14/h3-12,22,24H,13H2,1-2H3/t22-,24+/m0/s1. The Bertz CT molecular complexity index is 1160. The molecule has 0 aliphatic carbocycles. The topological polar surface area (TPSA) is 28.1 Å². The second-order valence-electron chi connectivity index (χ2n) is 7.92. The molecule has 0 bridgehead atoms. The number of ether oxygens (including phenoxy) is 1. The van der Waals surface area contributed by atoms with Crippen molar-refractivity contribution in [2.45, 2.75) is 18.7 Å². The highest BCUT2D eigenvalue weighted by molar-refractivity contribution is 9.10. The molecule has 31 heavy (non-hydrogen) atoms. The summed E-state index contributed by atoms with van der Waals surface area (Å²) in [5.41, 5.74) is 5.22. The summed E-state index contributed by atoms with van der Waals surface area (Å²) in [5, 5.41) is 8.15. The van der Waals surface area contributed by atoms with Crippen molar-refractivity contribution in [2.24, 2.45) is 5.10 Å². The van der Waals surface area contributed by atoms with E-state index in [1.165, 1.54) is 0 Å². The average Bonchev–Trinajstić information content (AvgIpc) is 3.19.